The molecule has 1 fully saturated rings. The number of nitrogens with zero attached hydrogens (tertiary/aromatic N) is 1. The van der Waals surface area contributed by atoms with E-state index >= 15 is 0 Å². The average Bonchev–Trinajstić information content (AvgIpc) is 3.27. The van der Waals surface area contributed by atoms with Crippen LogP contribution >= 0.6 is 0 Å². The van der Waals surface area contributed by atoms with Crippen molar-refractivity contribution in [3.8, 4) is 17.2 Å². The monoisotopic (exact) mass is 398 g/mol. The molecule has 0 amide bonds. The van der Waals surface area contributed by atoms with Crippen LogP contribution in [0.4, 0.5) is 11.4 Å². The van der Waals surface area contributed by atoms with Crippen LogP contribution in [0.15, 0.2) is 30.3 Å². The molecule has 0 spiro atoms. The average molecular weight is 399 g/mol. The molecule has 2 unspecified atom stereocenters. The Morgan fingerprint density at radius 2 is 1.59 bits per heavy atom. The summed E-state index contributed by atoms with van der Waals surface area (Å²) >= 11 is 0. The Labute approximate surface area is 172 Å². The second kappa shape index (κ2) is 7.50. The maximum absolute atomic E-state index is 13.4. The minimum absolute atomic E-state index is 0.0644. The number of rotatable bonds is 7. The van der Waals surface area contributed by atoms with Crippen LogP contribution in [-0.2, 0) is 0 Å². The molecule has 0 bridgehead atoms. The van der Waals surface area contributed by atoms with Gasteiger partial charge in [-0.25, -0.2) is 0 Å². The molecule has 3 rings (SSSR count). The van der Waals surface area contributed by atoms with Crippen molar-refractivity contribution in [2.45, 2.75) is 19.8 Å². The van der Waals surface area contributed by atoms with E-state index < -0.39 is 0 Å². The van der Waals surface area contributed by atoms with Crippen molar-refractivity contribution in [3.05, 3.63) is 41.5 Å². The summed E-state index contributed by atoms with van der Waals surface area (Å²) in [5.74, 6) is 1.46. The molecule has 0 aliphatic heterocycles. The Morgan fingerprint density at radius 1 is 1.00 bits per heavy atom. The summed E-state index contributed by atoms with van der Waals surface area (Å²) in [5, 5.41) is 0. The van der Waals surface area contributed by atoms with Crippen LogP contribution in [0.1, 0.15) is 35.7 Å². The predicted molar refractivity (Wildman–Crippen MR) is 116 cm³/mol. The molecule has 0 saturated heterocycles. The highest BCUT2D eigenvalue weighted by Gasteiger charge is 2.62. The highest BCUT2D eigenvalue weighted by atomic mass is 16.5. The third kappa shape index (κ3) is 3.48. The molecule has 6 heteroatoms. The number of nitrogens with two attached hydrogens (primary N) is 1. The van der Waals surface area contributed by atoms with Crippen LogP contribution in [-0.4, -0.2) is 41.2 Å². The van der Waals surface area contributed by atoms with Crippen molar-refractivity contribution in [2.24, 2.45) is 11.3 Å². The maximum Gasteiger partial charge on any atom is 0.203 e. The fourth-order valence-corrected chi connectivity index (χ4v) is 4.33. The summed E-state index contributed by atoms with van der Waals surface area (Å²) in [7, 11) is 8.56. The number of ketones is 1. The molecule has 2 N–H and O–H groups in total. The number of Topliss-reactive ketones (excluding diaryl/α,β-unsaturated/α-hetero) is 1. The van der Waals surface area contributed by atoms with Crippen molar-refractivity contribution < 1.29 is 19.0 Å². The van der Waals surface area contributed by atoms with E-state index in [1.54, 1.807) is 33.5 Å². The largest absolute Gasteiger partial charge is 0.493 e. The second-order valence-electron chi connectivity index (χ2n) is 8.27. The van der Waals surface area contributed by atoms with Gasteiger partial charge in [0.2, 0.25) is 5.75 Å². The van der Waals surface area contributed by atoms with Gasteiger partial charge in [0.25, 0.3) is 0 Å². The number of methoxy groups -OCH3 is 3. The van der Waals surface area contributed by atoms with E-state index in [-0.39, 0.29) is 23.0 Å². The summed E-state index contributed by atoms with van der Waals surface area (Å²) in [6.45, 7) is 4.24. The topological polar surface area (TPSA) is 74.0 Å². The molecule has 2 aromatic rings. The number of carbonyl (C=O) groups excluding carboxylic acids is 1. The molecule has 0 radical (unpaired) electrons. The van der Waals surface area contributed by atoms with Crippen molar-refractivity contribution in [2.75, 3.05) is 46.1 Å². The van der Waals surface area contributed by atoms with E-state index in [0.717, 1.165) is 11.3 Å². The Morgan fingerprint density at radius 3 is 2.03 bits per heavy atom. The third-order valence-electron chi connectivity index (χ3n) is 5.95. The van der Waals surface area contributed by atoms with Gasteiger partial charge in [-0.1, -0.05) is 19.9 Å². The number of ether oxygens (including phenoxy) is 3. The van der Waals surface area contributed by atoms with Gasteiger partial charge in [0, 0.05) is 31.5 Å². The zero-order valence-electron chi connectivity index (χ0n) is 18.2. The van der Waals surface area contributed by atoms with Gasteiger partial charge in [-0.3, -0.25) is 4.79 Å². The van der Waals surface area contributed by atoms with Gasteiger partial charge in [-0.15, -0.1) is 0 Å². The smallest absolute Gasteiger partial charge is 0.203 e. The number of carbonyl (C=O) groups is 1. The van der Waals surface area contributed by atoms with E-state index in [1.807, 2.05) is 31.1 Å². The van der Waals surface area contributed by atoms with Crippen molar-refractivity contribution in [3.63, 3.8) is 0 Å². The molecule has 1 aliphatic rings. The van der Waals surface area contributed by atoms with Crippen LogP contribution < -0.4 is 24.8 Å². The number of benzene rings is 2. The zero-order valence-corrected chi connectivity index (χ0v) is 18.2. The predicted octanol–water partition coefficient (Wildman–Crippen LogP) is 3.98. The van der Waals surface area contributed by atoms with Gasteiger partial charge in [0.05, 0.1) is 32.7 Å². The Balaban J connectivity index is 1.95. The molecule has 1 aliphatic carbocycles. The molecule has 2 aromatic carbocycles. The highest BCUT2D eigenvalue weighted by Crippen LogP contribution is 2.65. The lowest BCUT2D eigenvalue weighted by Gasteiger charge is -2.16. The quantitative estimate of drug-likeness (QED) is 0.562. The first-order valence-electron chi connectivity index (χ1n) is 9.58. The Bertz CT molecular complexity index is 911. The summed E-state index contributed by atoms with van der Waals surface area (Å²) in [5.41, 5.74) is 9.41. The minimum atomic E-state index is -0.163. The van der Waals surface area contributed by atoms with E-state index in [9.17, 15) is 4.79 Å². The van der Waals surface area contributed by atoms with E-state index in [1.165, 1.54) is 0 Å². The number of hydrogen-bond donors (Lipinski definition) is 1. The van der Waals surface area contributed by atoms with Crippen molar-refractivity contribution in [1.82, 2.24) is 0 Å². The van der Waals surface area contributed by atoms with E-state index in [4.69, 9.17) is 19.9 Å². The van der Waals surface area contributed by atoms with Crippen LogP contribution in [0.2, 0.25) is 0 Å². The lowest BCUT2D eigenvalue weighted by molar-refractivity contribution is 0.0951. The fourth-order valence-electron chi connectivity index (χ4n) is 4.33. The number of hydrogen-bond acceptors (Lipinski definition) is 6. The molecule has 156 valence electrons. The summed E-state index contributed by atoms with van der Waals surface area (Å²) in [6, 6.07) is 9.52. The summed E-state index contributed by atoms with van der Waals surface area (Å²) < 4.78 is 16.2. The first-order chi connectivity index (χ1) is 13.7. The molecule has 1 saturated carbocycles. The van der Waals surface area contributed by atoms with Gasteiger partial charge in [0.15, 0.2) is 17.3 Å². The van der Waals surface area contributed by atoms with Crippen LogP contribution in [0.25, 0.3) is 0 Å². The Hall–Kier alpha value is -2.89. The standard InChI is InChI=1S/C23H30N2O4/c1-23(2)19(13-8-9-16(25(3)4)15(24)10-13)20(23)21(26)14-11-17(27-5)22(29-7)18(12-14)28-6/h8-12,19-20H,24H2,1-7H3. The van der Waals surface area contributed by atoms with Crippen LogP contribution in [0.3, 0.4) is 0 Å². The van der Waals surface area contributed by atoms with Crippen LogP contribution in [0.5, 0.6) is 17.2 Å². The zero-order chi connectivity index (χ0) is 21.5. The minimum Gasteiger partial charge on any atom is -0.493 e. The van der Waals surface area contributed by atoms with Gasteiger partial charge in [0.1, 0.15) is 0 Å². The molecule has 6 nitrogen and oxygen atoms in total. The maximum atomic E-state index is 13.4. The lowest BCUT2D eigenvalue weighted by Crippen LogP contribution is -2.11. The molecular formula is C23H30N2O4. The van der Waals surface area contributed by atoms with Gasteiger partial charge in [-0.05, 0) is 35.2 Å². The molecule has 2 atom stereocenters. The van der Waals surface area contributed by atoms with Crippen molar-refractivity contribution >= 4 is 17.2 Å². The number of nitrogen functional groups attached to an aromatic ring is 1. The normalized spacial score (nSPS) is 19.4. The first-order valence-corrected chi connectivity index (χ1v) is 9.58. The van der Waals surface area contributed by atoms with Gasteiger partial charge < -0.3 is 24.8 Å². The molecule has 0 heterocycles. The van der Waals surface area contributed by atoms with Crippen molar-refractivity contribution in [1.29, 1.82) is 0 Å². The summed E-state index contributed by atoms with van der Waals surface area (Å²) in [6.07, 6.45) is 0. The fraction of sp³-hybridized carbons (Fsp3) is 0.435. The third-order valence-corrected chi connectivity index (χ3v) is 5.95. The first kappa shape index (κ1) is 20.8. The highest BCUT2D eigenvalue weighted by molar-refractivity contribution is 6.02. The van der Waals surface area contributed by atoms with Crippen LogP contribution in [0, 0.1) is 11.3 Å². The second-order valence-corrected chi connectivity index (χ2v) is 8.27. The Kier molecular flexibility index (Phi) is 5.39. The van der Waals surface area contributed by atoms with E-state index in [2.05, 4.69) is 19.9 Å². The molecule has 29 heavy (non-hydrogen) atoms. The van der Waals surface area contributed by atoms with Gasteiger partial charge >= 0.3 is 0 Å². The lowest BCUT2D eigenvalue weighted by atomic mass is 10.0. The van der Waals surface area contributed by atoms with Gasteiger partial charge in [-0.2, -0.15) is 0 Å². The summed E-state index contributed by atoms with van der Waals surface area (Å²) in [4.78, 5) is 15.4. The van der Waals surface area contributed by atoms with E-state index in [0.29, 0.717) is 28.5 Å². The SMILES string of the molecule is COc1cc(C(=O)C2C(c3ccc(N(C)C)c(N)c3)C2(C)C)cc(OC)c1OC. The molecular weight excluding hydrogens is 368 g/mol. The molecule has 0 aromatic heterocycles. The number of anilines is 2.